The Kier molecular flexibility index (Phi) is 5.01. The molecule has 0 bridgehead atoms. The Bertz CT molecular complexity index is 649. The van der Waals surface area contributed by atoms with Gasteiger partial charge in [-0.05, 0) is 29.8 Å². The lowest BCUT2D eigenvalue weighted by atomic mass is 9.99. The van der Waals surface area contributed by atoms with Crippen molar-refractivity contribution in [1.82, 2.24) is 0 Å². The molecule has 0 aliphatic carbocycles. The monoisotopic (exact) mass is 302 g/mol. The number of rotatable bonds is 6. The second-order valence-corrected chi connectivity index (χ2v) is 4.82. The summed E-state index contributed by atoms with van der Waals surface area (Å²) < 4.78 is 10.0. The van der Waals surface area contributed by atoms with E-state index in [4.69, 9.17) is 9.47 Å². The van der Waals surface area contributed by atoms with Gasteiger partial charge in [-0.1, -0.05) is 12.1 Å². The third kappa shape index (κ3) is 3.56. The molecule has 0 heterocycles. The summed E-state index contributed by atoms with van der Waals surface area (Å²) in [6.07, 6.45) is -1.07. The third-order valence-electron chi connectivity index (χ3n) is 3.36. The number of phenols is 1. The van der Waals surface area contributed by atoms with Crippen LogP contribution in [-0.4, -0.2) is 36.3 Å². The first-order valence-electron chi connectivity index (χ1n) is 6.77. The van der Waals surface area contributed by atoms with Gasteiger partial charge in [-0.3, -0.25) is 4.79 Å². The van der Waals surface area contributed by atoms with Crippen molar-refractivity contribution in [2.45, 2.75) is 12.5 Å². The SMILES string of the molecule is COc1ccc(CC(O)C(=O)c2ccc(OC)cc2O)cc1. The molecule has 116 valence electrons. The smallest absolute Gasteiger partial charge is 0.195 e. The Hall–Kier alpha value is -2.53. The highest BCUT2D eigenvalue weighted by Crippen LogP contribution is 2.25. The molecule has 2 rings (SSSR count). The minimum atomic E-state index is -1.23. The Balaban J connectivity index is 2.11. The molecule has 0 radical (unpaired) electrons. The van der Waals surface area contributed by atoms with Crippen LogP contribution in [0.3, 0.4) is 0 Å². The molecule has 0 aromatic heterocycles. The van der Waals surface area contributed by atoms with Crippen molar-refractivity contribution in [3.8, 4) is 17.2 Å². The lowest BCUT2D eigenvalue weighted by Gasteiger charge is -2.12. The van der Waals surface area contributed by atoms with E-state index in [0.717, 1.165) is 5.56 Å². The third-order valence-corrected chi connectivity index (χ3v) is 3.36. The maximum Gasteiger partial charge on any atom is 0.195 e. The summed E-state index contributed by atoms with van der Waals surface area (Å²) in [5.74, 6) is 0.408. The molecule has 5 heteroatoms. The van der Waals surface area contributed by atoms with Crippen molar-refractivity contribution in [2.75, 3.05) is 14.2 Å². The van der Waals surface area contributed by atoms with Crippen LogP contribution in [0, 0.1) is 0 Å². The number of carbonyl (C=O) groups is 1. The number of phenolic OH excluding ortho intramolecular Hbond substituents is 1. The molecule has 5 nitrogen and oxygen atoms in total. The first-order valence-corrected chi connectivity index (χ1v) is 6.77. The minimum absolute atomic E-state index is 0.0711. The van der Waals surface area contributed by atoms with Gasteiger partial charge in [0.15, 0.2) is 5.78 Å². The summed E-state index contributed by atoms with van der Waals surface area (Å²) in [4.78, 5) is 12.2. The van der Waals surface area contributed by atoms with E-state index >= 15 is 0 Å². The van der Waals surface area contributed by atoms with Gasteiger partial charge < -0.3 is 19.7 Å². The second kappa shape index (κ2) is 6.95. The zero-order chi connectivity index (χ0) is 16.1. The average Bonchev–Trinajstić information content (AvgIpc) is 2.54. The van der Waals surface area contributed by atoms with Crippen molar-refractivity contribution in [3.63, 3.8) is 0 Å². The highest BCUT2D eigenvalue weighted by Gasteiger charge is 2.21. The summed E-state index contributed by atoms with van der Waals surface area (Å²) in [5, 5.41) is 19.9. The predicted molar refractivity (Wildman–Crippen MR) is 81.7 cm³/mol. The van der Waals surface area contributed by atoms with Crippen LogP contribution < -0.4 is 9.47 Å². The zero-order valence-electron chi connectivity index (χ0n) is 12.4. The minimum Gasteiger partial charge on any atom is -0.507 e. The molecule has 0 aliphatic heterocycles. The van der Waals surface area contributed by atoms with Crippen LogP contribution in [0.15, 0.2) is 42.5 Å². The van der Waals surface area contributed by atoms with Crippen molar-refractivity contribution in [1.29, 1.82) is 0 Å². The van der Waals surface area contributed by atoms with Crippen molar-refractivity contribution in [3.05, 3.63) is 53.6 Å². The van der Waals surface area contributed by atoms with Gasteiger partial charge in [0, 0.05) is 12.5 Å². The number of hydrogen-bond acceptors (Lipinski definition) is 5. The lowest BCUT2D eigenvalue weighted by molar-refractivity contribution is 0.0745. The van der Waals surface area contributed by atoms with Crippen molar-refractivity contribution in [2.24, 2.45) is 0 Å². The Labute approximate surface area is 128 Å². The fourth-order valence-electron chi connectivity index (χ4n) is 2.10. The summed E-state index contributed by atoms with van der Waals surface area (Å²) in [6, 6.07) is 11.4. The number of aliphatic hydroxyl groups is 1. The molecular formula is C17H18O5. The fraction of sp³-hybridized carbons (Fsp3) is 0.235. The van der Waals surface area contributed by atoms with E-state index in [0.29, 0.717) is 11.5 Å². The Morgan fingerprint density at radius 1 is 1.05 bits per heavy atom. The van der Waals surface area contributed by atoms with E-state index in [2.05, 4.69) is 0 Å². The van der Waals surface area contributed by atoms with Crippen LogP contribution >= 0.6 is 0 Å². The molecule has 1 unspecified atom stereocenters. The van der Waals surface area contributed by atoms with Crippen LogP contribution in [0.5, 0.6) is 17.2 Å². The number of Topliss-reactive ketones (excluding diaryl/α,β-unsaturated/α-hetero) is 1. The van der Waals surface area contributed by atoms with Crippen LogP contribution in [-0.2, 0) is 6.42 Å². The van der Waals surface area contributed by atoms with E-state index < -0.39 is 11.9 Å². The molecule has 2 aromatic carbocycles. The molecule has 0 amide bonds. The highest BCUT2D eigenvalue weighted by molar-refractivity contribution is 6.01. The number of hydrogen-bond donors (Lipinski definition) is 2. The number of carbonyl (C=O) groups excluding carboxylic acids is 1. The lowest BCUT2D eigenvalue weighted by Crippen LogP contribution is -2.23. The van der Waals surface area contributed by atoms with Gasteiger partial charge >= 0.3 is 0 Å². The Morgan fingerprint density at radius 2 is 1.64 bits per heavy atom. The Morgan fingerprint density at radius 3 is 2.18 bits per heavy atom. The van der Waals surface area contributed by atoms with E-state index in [1.54, 1.807) is 37.4 Å². The van der Waals surface area contributed by atoms with Gasteiger partial charge in [-0.25, -0.2) is 0 Å². The van der Waals surface area contributed by atoms with Gasteiger partial charge in [-0.15, -0.1) is 0 Å². The molecule has 0 saturated carbocycles. The standard InChI is InChI=1S/C17H18O5/c1-21-12-5-3-11(4-6-12)9-16(19)17(20)14-8-7-13(22-2)10-15(14)18/h3-8,10,16,18-19H,9H2,1-2H3. The average molecular weight is 302 g/mol. The summed E-state index contributed by atoms with van der Waals surface area (Å²) in [5.41, 5.74) is 0.872. The van der Waals surface area contributed by atoms with Gasteiger partial charge in [0.05, 0.1) is 19.8 Å². The number of benzene rings is 2. The van der Waals surface area contributed by atoms with E-state index in [1.807, 2.05) is 0 Å². The van der Waals surface area contributed by atoms with E-state index in [9.17, 15) is 15.0 Å². The largest absolute Gasteiger partial charge is 0.507 e. The molecule has 2 N–H and O–H groups in total. The maximum atomic E-state index is 12.2. The maximum absolute atomic E-state index is 12.2. The summed E-state index contributed by atoms with van der Waals surface area (Å²) in [7, 11) is 3.04. The van der Waals surface area contributed by atoms with Gasteiger partial charge in [0.25, 0.3) is 0 Å². The molecule has 0 spiro atoms. The molecule has 2 aromatic rings. The number of aliphatic hydroxyl groups excluding tert-OH is 1. The molecule has 1 atom stereocenters. The van der Waals surface area contributed by atoms with Crippen molar-refractivity contribution < 1.29 is 24.5 Å². The number of aromatic hydroxyl groups is 1. The van der Waals surface area contributed by atoms with E-state index in [1.165, 1.54) is 19.2 Å². The first kappa shape index (κ1) is 15.9. The van der Waals surface area contributed by atoms with Crippen molar-refractivity contribution >= 4 is 5.78 Å². The number of ketones is 1. The first-order chi connectivity index (χ1) is 10.5. The summed E-state index contributed by atoms with van der Waals surface area (Å²) in [6.45, 7) is 0. The van der Waals surface area contributed by atoms with E-state index in [-0.39, 0.29) is 17.7 Å². The second-order valence-electron chi connectivity index (χ2n) is 4.82. The quantitative estimate of drug-likeness (QED) is 0.800. The molecular weight excluding hydrogens is 284 g/mol. The molecule has 22 heavy (non-hydrogen) atoms. The van der Waals surface area contributed by atoms with Crippen LogP contribution in [0.2, 0.25) is 0 Å². The fourth-order valence-corrected chi connectivity index (χ4v) is 2.10. The van der Waals surface area contributed by atoms with Crippen LogP contribution in [0.25, 0.3) is 0 Å². The highest BCUT2D eigenvalue weighted by atomic mass is 16.5. The van der Waals surface area contributed by atoms with Crippen LogP contribution in [0.4, 0.5) is 0 Å². The van der Waals surface area contributed by atoms with Gasteiger partial charge in [0.1, 0.15) is 23.4 Å². The normalized spacial score (nSPS) is 11.8. The summed E-state index contributed by atoms with van der Waals surface area (Å²) >= 11 is 0. The topological polar surface area (TPSA) is 76.0 Å². The predicted octanol–water partition coefficient (Wildman–Crippen LogP) is 2.20. The number of ether oxygens (including phenoxy) is 2. The van der Waals surface area contributed by atoms with Gasteiger partial charge in [0.2, 0.25) is 0 Å². The molecule has 0 aliphatic rings. The molecule has 0 saturated heterocycles. The van der Waals surface area contributed by atoms with Crippen LogP contribution in [0.1, 0.15) is 15.9 Å². The number of methoxy groups -OCH3 is 2. The van der Waals surface area contributed by atoms with Gasteiger partial charge in [-0.2, -0.15) is 0 Å². The molecule has 0 fully saturated rings. The zero-order valence-corrected chi connectivity index (χ0v) is 12.4.